The minimum Gasteiger partial charge on any atom is -0.423 e. The Labute approximate surface area is 245 Å². The molecule has 2 amide bonds. The molecule has 0 aliphatic heterocycles. The third kappa shape index (κ3) is 8.04. The predicted octanol–water partition coefficient (Wildman–Crippen LogP) is 7.28. The van der Waals surface area contributed by atoms with E-state index in [2.05, 4.69) is 15.8 Å². The average molecular weight is 593 g/mol. The molecule has 0 bridgehead atoms. The summed E-state index contributed by atoms with van der Waals surface area (Å²) in [7, 11) is 0. The van der Waals surface area contributed by atoms with Crippen LogP contribution in [0.4, 0.5) is 5.69 Å². The number of hydrazone groups is 1. The molecule has 0 spiro atoms. The van der Waals surface area contributed by atoms with Crippen molar-refractivity contribution >= 4 is 70.6 Å². The van der Waals surface area contributed by atoms with Crippen LogP contribution in [0.1, 0.15) is 31.8 Å². The van der Waals surface area contributed by atoms with Crippen LogP contribution in [0.3, 0.4) is 0 Å². The van der Waals surface area contributed by atoms with Crippen LogP contribution in [0.15, 0.2) is 102 Å². The molecule has 0 atom stereocenters. The maximum Gasteiger partial charge on any atom is 0.336 e. The van der Waals surface area contributed by atoms with Crippen molar-refractivity contribution in [2.45, 2.75) is 0 Å². The molecule has 7 nitrogen and oxygen atoms in total. The van der Waals surface area contributed by atoms with Crippen molar-refractivity contribution in [3.8, 4) is 5.75 Å². The van der Waals surface area contributed by atoms with Gasteiger partial charge < -0.3 is 10.1 Å². The first-order chi connectivity index (χ1) is 19.3. The Morgan fingerprint density at radius 1 is 0.775 bits per heavy atom. The van der Waals surface area contributed by atoms with Crippen LogP contribution in [0.2, 0.25) is 15.1 Å². The minimum absolute atomic E-state index is 0.205. The molecule has 0 aromatic heterocycles. The number of ether oxygens (including phenoxy) is 1. The number of hydrogen-bond donors (Lipinski definition) is 2. The standard InChI is InChI=1S/C30H20Cl3N3O4/c31-22-11-8-19(9-12-22)10-15-28(37)40-27-7-2-1-4-21(27)18-34-36-29(38)20-5-3-6-24(16-20)35-30(39)25-14-13-23(32)17-26(25)33/h1-18H,(H,35,39)(H,36,38)/b15-10+,34-18?. The number of hydrogen-bond acceptors (Lipinski definition) is 5. The van der Waals surface area contributed by atoms with Gasteiger partial charge in [-0.25, -0.2) is 10.2 Å². The number of amides is 2. The lowest BCUT2D eigenvalue weighted by Gasteiger charge is -2.08. The highest BCUT2D eigenvalue weighted by Gasteiger charge is 2.13. The number of benzene rings is 4. The van der Waals surface area contributed by atoms with Crippen molar-refractivity contribution in [2.75, 3.05) is 5.32 Å². The molecule has 0 saturated carbocycles. The van der Waals surface area contributed by atoms with Gasteiger partial charge in [0, 0.05) is 32.9 Å². The molecule has 0 aliphatic carbocycles. The Morgan fingerprint density at radius 3 is 2.30 bits per heavy atom. The van der Waals surface area contributed by atoms with Crippen LogP contribution in [0.25, 0.3) is 6.08 Å². The Hall–Kier alpha value is -4.43. The van der Waals surface area contributed by atoms with E-state index >= 15 is 0 Å². The van der Waals surface area contributed by atoms with E-state index in [1.54, 1.807) is 78.9 Å². The number of carbonyl (C=O) groups excluding carboxylic acids is 3. The molecule has 0 radical (unpaired) electrons. The quantitative estimate of drug-likeness (QED) is 0.0739. The van der Waals surface area contributed by atoms with Crippen molar-refractivity contribution in [3.05, 3.63) is 134 Å². The second-order valence-electron chi connectivity index (χ2n) is 8.20. The van der Waals surface area contributed by atoms with E-state index in [0.29, 0.717) is 21.3 Å². The lowest BCUT2D eigenvalue weighted by atomic mass is 10.1. The number of anilines is 1. The molecular weight excluding hydrogens is 573 g/mol. The van der Waals surface area contributed by atoms with E-state index < -0.39 is 17.8 Å². The van der Waals surface area contributed by atoms with Crippen LogP contribution in [0, 0.1) is 0 Å². The van der Waals surface area contributed by atoms with Gasteiger partial charge >= 0.3 is 5.97 Å². The number of para-hydroxylation sites is 1. The molecule has 4 rings (SSSR count). The zero-order valence-corrected chi connectivity index (χ0v) is 22.9. The molecule has 4 aromatic carbocycles. The number of nitrogens with one attached hydrogen (secondary N) is 2. The van der Waals surface area contributed by atoms with Gasteiger partial charge in [-0.1, -0.05) is 65.1 Å². The van der Waals surface area contributed by atoms with E-state index in [-0.39, 0.29) is 21.9 Å². The van der Waals surface area contributed by atoms with E-state index in [1.165, 1.54) is 30.5 Å². The van der Waals surface area contributed by atoms with Crippen molar-refractivity contribution in [3.63, 3.8) is 0 Å². The highest BCUT2D eigenvalue weighted by atomic mass is 35.5. The van der Waals surface area contributed by atoms with Crippen LogP contribution in [0.5, 0.6) is 5.75 Å². The molecule has 0 unspecified atom stereocenters. The summed E-state index contributed by atoms with van der Waals surface area (Å²) in [5.74, 6) is -1.29. The lowest BCUT2D eigenvalue weighted by Crippen LogP contribution is -2.18. The molecule has 2 N–H and O–H groups in total. The number of rotatable bonds is 8. The molecule has 4 aromatic rings. The Morgan fingerprint density at radius 2 is 1.52 bits per heavy atom. The molecule has 0 aliphatic rings. The Kier molecular flexibility index (Phi) is 9.70. The first-order valence-electron chi connectivity index (χ1n) is 11.7. The summed E-state index contributed by atoms with van der Waals surface area (Å²) < 4.78 is 5.42. The highest BCUT2D eigenvalue weighted by Crippen LogP contribution is 2.22. The van der Waals surface area contributed by atoms with Gasteiger partial charge in [0.05, 0.1) is 16.8 Å². The first kappa shape index (κ1) is 28.6. The molecule has 10 heteroatoms. The average Bonchev–Trinajstić information content (AvgIpc) is 2.93. The third-order valence-electron chi connectivity index (χ3n) is 5.34. The predicted molar refractivity (Wildman–Crippen MR) is 158 cm³/mol. The monoisotopic (exact) mass is 591 g/mol. The lowest BCUT2D eigenvalue weighted by molar-refractivity contribution is -0.128. The second kappa shape index (κ2) is 13.6. The van der Waals surface area contributed by atoms with Gasteiger partial charge in [0.25, 0.3) is 11.8 Å². The zero-order chi connectivity index (χ0) is 28.5. The normalized spacial score (nSPS) is 11.0. The number of nitrogens with zero attached hydrogens (tertiary/aromatic N) is 1. The molecular formula is C30H20Cl3N3O4. The fourth-order valence-electron chi connectivity index (χ4n) is 3.40. The number of esters is 1. The van der Waals surface area contributed by atoms with Crippen molar-refractivity contribution in [1.29, 1.82) is 0 Å². The molecule has 0 saturated heterocycles. The fourth-order valence-corrected chi connectivity index (χ4v) is 4.02. The molecule has 0 heterocycles. The molecule has 0 fully saturated rings. The van der Waals surface area contributed by atoms with E-state index in [4.69, 9.17) is 39.5 Å². The Bertz CT molecular complexity index is 1620. The summed E-state index contributed by atoms with van der Waals surface area (Å²) in [5, 5.41) is 7.89. The van der Waals surface area contributed by atoms with Gasteiger partial charge in [-0.15, -0.1) is 0 Å². The summed E-state index contributed by atoms with van der Waals surface area (Å²) in [4.78, 5) is 37.6. The minimum atomic E-state index is -0.585. The Balaban J connectivity index is 1.37. The fraction of sp³-hybridized carbons (Fsp3) is 0. The van der Waals surface area contributed by atoms with Crippen LogP contribution in [-0.4, -0.2) is 24.0 Å². The maximum absolute atomic E-state index is 12.7. The van der Waals surface area contributed by atoms with Gasteiger partial charge in [-0.3, -0.25) is 9.59 Å². The van der Waals surface area contributed by atoms with E-state index in [0.717, 1.165) is 5.56 Å². The van der Waals surface area contributed by atoms with Crippen LogP contribution >= 0.6 is 34.8 Å². The van der Waals surface area contributed by atoms with Gasteiger partial charge in [-0.2, -0.15) is 5.10 Å². The van der Waals surface area contributed by atoms with Crippen LogP contribution < -0.4 is 15.5 Å². The molecule has 200 valence electrons. The van der Waals surface area contributed by atoms with Crippen LogP contribution in [-0.2, 0) is 4.79 Å². The topological polar surface area (TPSA) is 96.9 Å². The first-order valence-corrected chi connectivity index (χ1v) is 12.9. The largest absolute Gasteiger partial charge is 0.423 e. The summed E-state index contributed by atoms with van der Waals surface area (Å²) in [6, 6.07) is 24.6. The van der Waals surface area contributed by atoms with Crippen molar-refractivity contribution < 1.29 is 19.1 Å². The highest BCUT2D eigenvalue weighted by molar-refractivity contribution is 6.37. The van der Waals surface area contributed by atoms with Gasteiger partial charge in [0.1, 0.15) is 5.75 Å². The van der Waals surface area contributed by atoms with Gasteiger partial charge in [0.15, 0.2) is 0 Å². The van der Waals surface area contributed by atoms with Crippen molar-refractivity contribution in [1.82, 2.24) is 5.43 Å². The molecule has 40 heavy (non-hydrogen) atoms. The SMILES string of the molecule is O=C(/C=C/c1ccc(Cl)cc1)Oc1ccccc1C=NNC(=O)c1cccc(NC(=O)c2ccc(Cl)cc2Cl)c1. The number of halogens is 3. The van der Waals surface area contributed by atoms with Gasteiger partial charge in [-0.05, 0) is 72.3 Å². The summed E-state index contributed by atoms with van der Waals surface area (Å²) >= 11 is 17.9. The maximum atomic E-state index is 12.7. The van der Waals surface area contributed by atoms with Gasteiger partial charge in [0.2, 0.25) is 0 Å². The second-order valence-corrected chi connectivity index (χ2v) is 9.48. The number of carbonyl (C=O) groups is 3. The van der Waals surface area contributed by atoms with E-state index in [1.807, 2.05) is 0 Å². The smallest absolute Gasteiger partial charge is 0.336 e. The summed E-state index contributed by atoms with van der Waals surface area (Å²) in [5.41, 5.74) is 4.56. The van der Waals surface area contributed by atoms with E-state index in [9.17, 15) is 14.4 Å². The zero-order valence-electron chi connectivity index (χ0n) is 20.6. The summed E-state index contributed by atoms with van der Waals surface area (Å²) in [6.07, 6.45) is 4.26. The summed E-state index contributed by atoms with van der Waals surface area (Å²) in [6.45, 7) is 0. The van der Waals surface area contributed by atoms with Crippen molar-refractivity contribution in [2.24, 2.45) is 5.10 Å². The third-order valence-corrected chi connectivity index (χ3v) is 6.14.